The molecule has 9 nitrogen and oxygen atoms in total. The van der Waals surface area contributed by atoms with Gasteiger partial charge in [0.05, 0.1) is 11.5 Å². The summed E-state index contributed by atoms with van der Waals surface area (Å²) in [6, 6.07) is 5.65. The van der Waals surface area contributed by atoms with Gasteiger partial charge in [-0.15, -0.1) is 0 Å². The molecule has 0 saturated carbocycles. The first kappa shape index (κ1) is 20.8. The van der Waals surface area contributed by atoms with E-state index in [2.05, 4.69) is 20.2 Å². The van der Waals surface area contributed by atoms with Crippen LogP contribution in [0.5, 0.6) is 5.88 Å². The lowest BCUT2D eigenvalue weighted by molar-refractivity contribution is -0.385. The number of nitro benzene ring substituents is 1. The average Bonchev–Trinajstić information content (AvgIpc) is 2.71. The van der Waals surface area contributed by atoms with E-state index in [0.717, 1.165) is 31.7 Å². The zero-order chi connectivity index (χ0) is 20.8. The SMILES string of the molecule is Cc1nc(OCCNC(=O)c2cc(Cl)ccc2[N+](=O)[O-])cc(N2CCCCC2)n1. The minimum absolute atomic E-state index is 0.0900. The van der Waals surface area contributed by atoms with Gasteiger partial charge in [-0.2, -0.15) is 4.98 Å². The summed E-state index contributed by atoms with van der Waals surface area (Å²) in [5.41, 5.74) is -0.391. The van der Waals surface area contributed by atoms with Crippen LogP contribution in [0.25, 0.3) is 0 Å². The Morgan fingerprint density at radius 3 is 2.76 bits per heavy atom. The normalized spacial score (nSPS) is 13.8. The van der Waals surface area contributed by atoms with Gasteiger partial charge in [0.25, 0.3) is 11.6 Å². The highest BCUT2D eigenvalue weighted by Gasteiger charge is 2.20. The van der Waals surface area contributed by atoms with Gasteiger partial charge in [-0.25, -0.2) is 4.98 Å². The van der Waals surface area contributed by atoms with Crippen LogP contribution in [0.1, 0.15) is 35.4 Å². The van der Waals surface area contributed by atoms with Gasteiger partial charge in [0, 0.05) is 30.2 Å². The lowest BCUT2D eigenvalue weighted by Gasteiger charge is -2.28. The molecule has 1 aliphatic rings. The van der Waals surface area contributed by atoms with Gasteiger partial charge in [-0.3, -0.25) is 14.9 Å². The number of anilines is 1. The van der Waals surface area contributed by atoms with E-state index in [1.807, 2.05) is 0 Å². The third kappa shape index (κ3) is 5.54. The third-order valence-corrected chi connectivity index (χ3v) is 4.75. The van der Waals surface area contributed by atoms with Crippen LogP contribution in [-0.4, -0.2) is 47.0 Å². The van der Waals surface area contributed by atoms with Gasteiger partial charge in [0.15, 0.2) is 0 Å². The number of nitro groups is 1. The fraction of sp³-hybridized carbons (Fsp3) is 0.421. The molecule has 1 aromatic heterocycles. The molecule has 3 rings (SSSR count). The Bertz CT molecular complexity index is 902. The Kier molecular flexibility index (Phi) is 6.82. The second kappa shape index (κ2) is 9.51. The summed E-state index contributed by atoms with van der Waals surface area (Å²) in [4.78, 5) is 33.7. The van der Waals surface area contributed by atoms with E-state index >= 15 is 0 Å². The molecule has 0 unspecified atom stereocenters. The first-order chi connectivity index (χ1) is 13.9. The predicted molar refractivity (Wildman–Crippen MR) is 109 cm³/mol. The highest BCUT2D eigenvalue weighted by molar-refractivity contribution is 6.31. The zero-order valence-corrected chi connectivity index (χ0v) is 16.8. The second-order valence-electron chi connectivity index (χ2n) is 6.68. The van der Waals surface area contributed by atoms with Gasteiger partial charge in [-0.1, -0.05) is 11.6 Å². The van der Waals surface area contributed by atoms with E-state index in [0.29, 0.717) is 11.7 Å². The number of amides is 1. The molecule has 154 valence electrons. The van der Waals surface area contributed by atoms with Crippen LogP contribution in [0, 0.1) is 17.0 Å². The number of aryl methyl sites for hydroxylation is 1. The summed E-state index contributed by atoms with van der Waals surface area (Å²) >= 11 is 5.86. The number of rotatable bonds is 7. The van der Waals surface area contributed by atoms with Crippen LogP contribution in [0.3, 0.4) is 0 Å². The fourth-order valence-corrected chi connectivity index (χ4v) is 3.32. The van der Waals surface area contributed by atoms with Gasteiger partial charge in [-0.05, 0) is 38.3 Å². The van der Waals surface area contributed by atoms with Crippen LogP contribution in [-0.2, 0) is 0 Å². The Morgan fingerprint density at radius 1 is 1.28 bits per heavy atom. The number of ether oxygens (including phenoxy) is 1. The molecule has 0 bridgehead atoms. The second-order valence-corrected chi connectivity index (χ2v) is 7.12. The number of benzene rings is 1. The van der Waals surface area contributed by atoms with Gasteiger partial charge in [0.2, 0.25) is 5.88 Å². The third-order valence-electron chi connectivity index (χ3n) is 4.52. The first-order valence-electron chi connectivity index (χ1n) is 9.39. The molecular formula is C19H22ClN5O4. The van der Waals surface area contributed by atoms with Crippen molar-refractivity contribution in [3.8, 4) is 5.88 Å². The number of hydrogen-bond acceptors (Lipinski definition) is 7. The molecule has 1 aliphatic heterocycles. The molecular weight excluding hydrogens is 398 g/mol. The van der Waals surface area contributed by atoms with Crippen molar-refractivity contribution in [3.05, 3.63) is 50.8 Å². The highest BCUT2D eigenvalue weighted by Crippen LogP contribution is 2.23. The molecule has 1 amide bonds. The van der Waals surface area contributed by atoms with Crippen molar-refractivity contribution in [3.63, 3.8) is 0 Å². The zero-order valence-electron chi connectivity index (χ0n) is 16.1. The number of nitrogens with zero attached hydrogens (tertiary/aromatic N) is 4. The predicted octanol–water partition coefficient (Wildman–Crippen LogP) is 3.15. The summed E-state index contributed by atoms with van der Waals surface area (Å²) in [5.74, 6) is 1.30. The number of hydrogen-bond donors (Lipinski definition) is 1. The summed E-state index contributed by atoms with van der Waals surface area (Å²) in [6.07, 6.45) is 3.51. The van der Waals surface area contributed by atoms with E-state index < -0.39 is 10.8 Å². The number of aromatic nitrogens is 2. The number of carbonyl (C=O) groups is 1. The smallest absolute Gasteiger partial charge is 0.282 e. The minimum Gasteiger partial charge on any atom is -0.476 e. The maximum atomic E-state index is 12.3. The van der Waals surface area contributed by atoms with Crippen molar-refractivity contribution < 1.29 is 14.5 Å². The van der Waals surface area contributed by atoms with Crippen molar-refractivity contribution in [2.45, 2.75) is 26.2 Å². The number of carbonyl (C=O) groups excluding carboxylic acids is 1. The average molecular weight is 420 g/mol. The molecule has 1 saturated heterocycles. The Balaban J connectivity index is 1.57. The molecule has 1 aromatic carbocycles. The summed E-state index contributed by atoms with van der Waals surface area (Å²) in [5, 5.41) is 13.9. The topological polar surface area (TPSA) is 110 Å². The Morgan fingerprint density at radius 2 is 2.03 bits per heavy atom. The monoisotopic (exact) mass is 419 g/mol. The molecule has 0 atom stereocenters. The lowest BCUT2D eigenvalue weighted by atomic mass is 10.1. The molecule has 0 radical (unpaired) electrons. The fourth-order valence-electron chi connectivity index (χ4n) is 3.15. The molecule has 1 N–H and O–H groups in total. The van der Waals surface area contributed by atoms with Crippen LogP contribution >= 0.6 is 11.6 Å². The van der Waals surface area contributed by atoms with Gasteiger partial charge in [0.1, 0.15) is 23.8 Å². The van der Waals surface area contributed by atoms with Crippen LogP contribution in [0.4, 0.5) is 11.5 Å². The van der Waals surface area contributed by atoms with Crippen molar-refractivity contribution in [1.82, 2.24) is 15.3 Å². The molecule has 2 heterocycles. The molecule has 0 aliphatic carbocycles. The molecule has 10 heteroatoms. The van der Waals surface area contributed by atoms with E-state index in [1.165, 1.54) is 24.6 Å². The van der Waals surface area contributed by atoms with Gasteiger partial charge >= 0.3 is 0 Å². The Labute approximate surface area is 173 Å². The van der Waals surface area contributed by atoms with Crippen molar-refractivity contribution in [2.75, 3.05) is 31.1 Å². The largest absolute Gasteiger partial charge is 0.476 e. The molecule has 2 aromatic rings. The van der Waals surface area contributed by atoms with Crippen molar-refractivity contribution in [2.24, 2.45) is 0 Å². The van der Waals surface area contributed by atoms with E-state index in [4.69, 9.17) is 16.3 Å². The lowest BCUT2D eigenvalue weighted by Crippen LogP contribution is -2.30. The summed E-state index contributed by atoms with van der Waals surface area (Å²) in [6.45, 7) is 4.05. The summed E-state index contributed by atoms with van der Waals surface area (Å²) < 4.78 is 5.65. The highest BCUT2D eigenvalue weighted by atomic mass is 35.5. The van der Waals surface area contributed by atoms with E-state index in [1.54, 1.807) is 13.0 Å². The van der Waals surface area contributed by atoms with E-state index in [-0.39, 0.29) is 29.4 Å². The maximum Gasteiger partial charge on any atom is 0.282 e. The standard InChI is InChI=1S/C19H22ClN5O4/c1-13-22-17(24-8-3-2-4-9-24)12-18(23-13)29-10-7-21-19(26)15-11-14(20)5-6-16(15)25(27)28/h5-6,11-12H,2-4,7-10H2,1H3,(H,21,26). The van der Waals surface area contributed by atoms with Crippen molar-refractivity contribution >= 4 is 29.0 Å². The van der Waals surface area contributed by atoms with Gasteiger partial charge < -0.3 is 15.0 Å². The first-order valence-corrected chi connectivity index (χ1v) is 9.77. The number of piperidine rings is 1. The number of halogens is 1. The van der Waals surface area contributed by atoms with E-state index in [9.17, 15) is 14.9 Å². The van der Waals surface area contributed by atoms with Crippen LogP contribution in [0.2, 0.25) is 5.02 Å². The maximum absolute atomic E-state index is 12.3. The minimum atomic E-state index is -0.618. The molecule has 29 heavy (non-hydrogen) atoms. The quantitative estimate of drug-likeness (QED) is 0.417. The van der Waals surface area contributed by atoms with Crippen LogP contribution in [0.15, 0.2) is 24.3 Å². The molecule has 1 fully saturated rings. The number of nitrogens with one attached hydrogen (secondary N) is 1. The van der Waals surface area contributed by atoms with Crippen molar-refractivity contribution in [1.29, 1.82) is 0 Å². The molecule has 0 spiro atoms. The summed E-state index contributed by atoms with van der Waals surface area (Å²) in [7, 11) is 0. The Hall–Kier alpha value is -2.94. The van der Waals surface area contributed by atoms with Crippen LogP contribution < -0.4 is 15.0 Å².